The lowest BCUT2D eigenvalue weighted by molar-refractivity contribution is -0.121. The van der Waals surface area contributed by atoms with E-state index in [1.54, 1.807) is 12.1 Å². The summed E-state index contributed by atoms with van der Waals surface area (Å²) >= 11 is 5.97. The summed E-state index contributed by atoms with van der Waals surface area (Å²) in [5, 5.41) is 3.24. The van der Waals surface area contributed by atoms with Gasteiger partial charge in [0.05, 0.1) is 17.3 Å². The van der Waals surface area contributed by atoms with Gasteiger partial charge in [-0.1, -0.05) is 43.0 Å². The van der Waals surface area contributed by atoms with E-state index < -0.39 is 0 Å². The Morgan fingerprint density at radius 2 is 2.00 bits per heavy atom. The van der Waals surface area contributed by atoms with Gasteiger partial charge in [-0.3, -0.25) is 4.79 Å². The number of carbonyl (C=O) groups is 1. The summed E-state index contributed by atoms with van der Waals surface area (Å²) in [5.74, 6) is -0.211. The Morgan fingerprint density at radius 3 is 2.70 bits per heavy atom. The molecule has 0 heterocycles. The molecule has 1 aliphatic carbocycles. The second-order valence-corrected chi connectivity index (χ2v) is 5.85. The Balaban J connectivity index is 1.74. The summed E-state index contributed by atoms with van der Waals surface area (Å²) in [6.07, 6.45) is 5.47. The predicted molar refractivity (Wildman–Crippen MR) is 80.9 cm³/mol. The molecule has 1 saturated carbocycles. The van der Waals surface area contributed by atoms with E-state index in [0.29, 0.717) is 17.3 Å². The highest BCUT2D eigenvalue weighted by molar-refractivity contribution is 6.33. The SMILES string of the molecule is NC1(COCC(=O)Nc2ccccc2Cl)CCCCC1. The lowest BCUT2D eigenvalue weighted by Gasteiger charge is -2.32. The van der Waals surface area contributed by atoms with Crippen molar-refractivity contribution >= 4 is 23.2 Å². The third-order valence-corrected chi connectivity index (χ3v) is 3.95. The average molecular weight is 297 g/mol. The van der Waals surface area contributed by atoms with Crippen LogP contribution in [0.1, 0.15) is 32.1 Å². The number of para-hydroxylation sites is 1. The second-order valence-electron chi connectivity index (χ2n) is 5.44. The number of anilines is 1. The first-order chi connectivity index (χ1) is 9.59. The first-order valence-corrected chi connectivity index (χ1v) is 7.38. The molecular formula is C15H21ClN2O2. The molecule has 5 heteroatoms. The van der Waals surface area contributed by atoms with Crippen molar-refractivity contribution in [3.63, 3.8) is 0 Å². The molecule has 0 atom stereocenters. The van der Waals surface area contributed by atoms with E-state index in [1.165, 1.54) is 6.42 Å². The minimum atomic E-state index is -0.261. The molecule has 0 aromatic heterocycles. The summed E-state index contributed by atoms with van der Waals surface area (Å²) < 4.78 is 5.47. The van der Waals surface area contributed by atoms with Crippen LogP contribution in [0.5, 0.6) is 0 Å². The Morgan fingerprint density at radius 1 is 1.30 bits per heavy atom. The number of ether oxygens (including phenoxy) is 1. The van der Waals surface area contributed by atoms with E-state index in [4.69, 9.17) is 22.1 Å². The molecule has 110 valence electrons. The van der Waals surface area contributed by atoms with Gasteiger partial charge < -0.3 is 15.8 Å². The van der Waals surface area contributed by atoms with Crippen molar-refractivity contribution in [1.82, 2.24) is 0 Å². The van der Waals surface area contributed by atoms with Crippen molar-refractivity contribution < 1.29 is 9.53 Å². The topological polar surface area (TPSA) is 64.3 Å². The maximum Gasteiger partial charge on any atom is 0.250 e. The molecule has 1 aromatic carbocycles. The molecule has 1 aromatic rings. The summed E-state index contributed by atoms with van der Waals surface area (Å²) in [4.78, 5) is 11.8. The van der Waals surface area contributed by atoms with Crippen molar-refractivity contribution in [2.45, 2.75) is 37.6 Å². The quantitative estimate of drug-likeness (QED) is 0.878. The first-order valence-electron chi connectivity index (χ1n) is 7.00. The molecule has 3 N–H and O–H groups in total. The molecule has 0 aliphatic heterocycles. The van der Waals surface area contributed by atoms with Crippen LogP contribution >= 0.6 is 11.6 Å². The lowest BCUT2D eigenvalue weighted by atomic mass is 9.83. The van der Waals surface area contributed by atoms with Crippen molar-refractivity contribution in [1.29, 1.82) is 0 Å². The van der Waals surface area contributed by atoms with Gasteiger partial charge >= 0.3 is 0 Å². The van der Waals surface area contributed by atoms with Gasteiger partial charge in [0, 0.05) is 5.54 Å². The Kier molecular flexibility index (Phi) is 5.40. The molecule has 0 saturated heterocycles. The van der Waals surface area contributed by atoms with Crippen LogP contribution in [-0.2, 0) is 9.53 Å². The van der Waals surface area contributed by atoms with E-state index in [1.807, 2.05) is 12.1 Å². The Bertz CT molecular complexity index is 459. The molecular weight excluding hydrogens is 276 g/mol. The van der Waals surface area contributed by atoms with Gasteiger partial charge in [0.1, 0.15) is 6.61 Å². The standard InChI is InChI=1S/C15H21ClN2O2/c16-12-6-2-3-7-13(12)18-14(19)10-20-11-15(17)8-4-1-5-9-15/h2-3,6-7H,1,4-5,8-11,17H2,(H,18,19). The molecule has 0 unspecified atom stereocenters. The number of rotatable bonds is 5. The molecule has 20 heavy (non-hydrogen) atoms. The fraction of sp³-hybridized carbons (Fsp3) is 0.533. The van der Waals surface area contributed by atoms with Gasteiger partial charge in [-0.2, -0.15) is 0 Å². The molecule has 1 aliphatic rings. The highest BCUT2D eigenvalue weighted by atomic mass is 35.5. The molecule has 1 fully saturated rings. The van der Waals surface area contributed by atoms with Crippen LogP contribution in [0.15, 0.2) is 24.3 Å². The fourth-order valence-electron chi connectivity index (χ4n) is 2.50. The van der Waals surface area contributed by atoms with Crippen LogP contribution in [-0.4, -0.2) is 24.7 Å². The zero-order chi connectivity index (χ0) is 14.4. The minimum absolute atomic E-state index is 0.00414. The molecule has 0 spiro atoms. The third kappa shape index (κ3) is 4.47. The van der Waals surface area contributed by atoms with Gasteiger partial charge in [0.2, 0.25) is 5.91 Å². The summed E-state index contributed by atoms with van der Waals surface area (Å²) in [6.45, 7) is 0.438. The summed E-state index contributed by atoms with van der Waals surface area (Å²) in [6, 6.07) is 7.12. The number of hydrogen-bond acceptors (Lipinski definition) is 3. The Labute approximate surface area is 124 Å². The van der Waals surface area contributed by atoms with Crippen molar-refractivity contribution in [2.75, 3.05) is 18.5 Å². The maximum atomic E-state index is 11.8. The van der Waals surface area contributed by atoms with Crippen LogP contribution in [0.4, 0.5) is 5.69 Å². The summed E-state index contributed by atoms with van der Waals surface area (Å²) in [7, 11) is 0. The highest BCUT2D eigenvalue weighted by Crippen LogP contribution is 2.26. The number of halogens is 1. The number of nitrogens with one attached hydrogen (secondary N) is 1. The lowest BCUT2D eigenvalue weighted by Crippen LogP contribution is -2.46. The second kappa shape index (κ2) is 7.07. The molecule has 4 nitrogen and oxygen atoms in total. The van der Waals surface area contributed by atoms with Crippen LogP contribution in [0.25, 0.3) is 0 Å². The highest BCUT2D eigenvalue weighted by Gasteiger charge is 2.27. The van der Waals surface area contributed by atoms with E-state index >= 15 is 0 Å². The van der Waals surface area contributed by atoms with Crippen molar-refractivity contribution in [2.24, 2.45) is 5.73 Å². The van der Waals surface area contributed by atoms with Gasteiger partial charge in [0.25, 0.3) is 0 Å². The van der Waals surface area contributed by atoms with E-state index in [0.717, 1.165) is 25.7 Å². The smallest absolute Gasteiger partial charge is 0.250 e. The monoisotopic (exact) mass is 296 g/mol. The van der Waals surface area contributed by atoms with Crippen LogP contribution in [0.2, 0.25) is 5.02 Å². The van der Waals surface area contributed by atoms with E-state index in [-0.39, 0.29) is 18.1 Å². The largest absolute Gasteiger partial charge is 0.370 e. The normalized spacial score (nSPS) is 17.7. The molecule has 0 radical (unpaired) electrons. The van der Waals surface area contributed by atoms with Crippen molar-refractivity contribution in [3.8, 4) is 0 Å². The van der Waals surface area contributed by atoms with Gasteiger partial charge in [0.15, 0.2) is 0 Å². The number of benzene rings is 1. The Hall–Kier alpha value is -1.10. The number of nitrogens with two attached hydrogens (primary N) is 1. The molecule has 0 bridgehead atoms. The van der Waals surface area contributed by atoms with E-state index in [9.17, 15) is 4.79 Å². The van der Waals surface area contributed by atoms with Crippen molar-refractivity contribution in [3.05, 3.63) is 29.3 Å². The number of amides is 1. The maximum absolute atomic E-state index is 11.8. The average Bonchev–Trinajstić information content (AvgIpc) is 2.42. The summed E-state index contributed by atoms with van der Waals surface area (Å²) in [5.41, 5.74) is 6.58. The minimum Gasteiger partial charge on any atom is -0.370 e. The van der Waals surface area contributed by atoms with E-state index in [2.05, 4.69) is 5.32 Å². The zero-order valence-corrected chi connectivity index (χ0v) is 12.3. The van der Waals surface area contributed by atoms with Gasteiger partial charge in [-0.05, 0) is 25.0 Å². The molecule has 2 rings (SSSR count). The van der Waals surface area contributed by atoms with Gasteiger partial charge in [-0.15, -0.1) is 0 Å². The van der Waals surface area contributed by atoms with Crippen LogP contribution in [0.3, 0.4) is 0 Å². The van der Waals surface area contributed by atoms with Gasteiger partial charge in [-0.25, -0.2) is 0 Å². The third-order valence-electron chi connectivity index (χ3n) is 3.62. The molecule has 1 amide bonds. The fourth-order valence-corrected chi connectivity index (χ4v) is 2.68. The number of hydrogen-bond donors (Lipinski definition) is 2. The predicted octanol–water partition coefficient (Wildman–Crippen LogP) is 2.96. The first kappa shape index (κ1) is 15.3. The van der Waals surface area contributed by atoms with Crippen LogP contribution < -0.4 is 11.1 Å². The zero-order valence-electron chi connectivity index (χ0n) is 11.5. The van der Waals surface area contributed by atoms with Crippen LogP contribution in [0, 0.1) is 0 Å². The number of carbonyl (C=O) groups excluding carboxylic acids is 1.